The molecule has 0 bridgehead atoms. The second kappa shape index (κ2) is 4.99. The van der Waals surface area contributed by atoms with Gasteiger partial charge in [-0.2, -0.15) is 0 Å². The maximum atomic E-state index is 14.1. The van der Waals surface area contributed by atoms with Crippen LogP contribution in [0.25, 0.3) is 0 Å². The van der Waals surface area contributed by atoms with Gasteiger partial charge in [-0.3, -0.25) is 29.4 Å². The number of fused-ring (bicyclic) bond motifs is 1. The summed E-state index contributed by atoms with van der Waals surface area (Å²) >= 11 is 0. The van der Waals surface area contributed by atoms with Crippen molar-refractivity contribution < 1.29 is 23.6 Å². The van der Waals surface area contributed by atoms with E-state index < -0.39 is 35.5 Å². The van der Waals surface area contributed by atoms with E-state index in [9.17, 15) is 23.6 Å². The van der Waals surface area contributed by atoms with E-state index in [-0.39, 0.29) is 30.5 Å². The molecule has 1 unspecified atom stereocenters. The zero-order valence-corrected chi connectivity index (χ0v) is 11.4. The van der Waals surface area contributed by atoms with Crippen LogP contribution < -0.4 is 11.1 Å². The number of nitrogens with two attached hydrogens (primary N) is 1. The summed E-state index contributed by atoms with van der Waals surface area (Å²) in [7, 11) is 0. The van der Waals surface area contributed by atoms with Gasteiger partial charge in [0.05, 0.1) is 11.1 Å². The van der Waals surface area contributed by atoms with Crippen LogP contribution in [-0.2, 0) is 16.1 Å². The summed E-state index contributed by atoms with van der Waals surface area (Å²) in [4.78, 5) is 48.4. The van der Waals surface area contributed by atoms with Gasteiger partial charge in [0.25, 0.3) is 11.8 Å². The number of benzene rings is 1. The topological polar surface area (TPSA) is 110 Å². The molecule has 0 aromatic heterocycles. The summed E-state index contributed by atoms with van der Waals surface area (Å²) < 4.78 is 14.1. The molecule has 0 saturated carbocycles. The lowest BCUT2D eigenvalue weighted by Crippen LogP contribution is -2.54. The first-order chi connectivity index (χ1) is 10.4. The van der Waals surface area contributed by atoms with Gasteiger partial charge in [0, 0.05) is 13.0 Å². The highest BCUT2D eigenvalue weighted by Crippen LogP contribution is 2.30. The lowest BCUT2D eigenvalue weighted by molar-refractivity contribution is -0.136. The van der Waals surface area contributed by atoms with Crippen molar-refractivity contribution in [3.8, 4) is 0 Å². The first-order valence-electron chi connectivity index (χ1n) is 6.68. The van der Waals surface area contributed by atoms with E-state index in [0.717, 1.165) is 11.0 Å². The third-order valence-corrected chi connectivity index (χ3v) is 3.79. The summed E-state index contributed by atoms with van der Waals surface area (Å²) in [6.45, 7) is 0.0179. The zero-order chi connectivity index (χ0) is 16.0. The largest absolute Gasteiger partial charge is 0.326 e. The lowest BCUT2D eigenvalue weighted by atomic mass is 10.0. The molecule has 1 aromatic rings. The monoisotopic (exact) mass is 305 g/mol. The number of hydrogen-bond acceptors (Lipinski definition) is 5. The van der Waals surface area contributed by atoms with Crippen molar-refractivity contribution in [3.05, 3.63) is 34.6 Å². The number of carbonyl (C=O) groups is 4. The van der Waals surface area contributed by atoms with Crippen LogP contribution in [0, 0.1) is 5.82 Å². The van der Waals surface area contributed by atoms with Crippen LogP contribution in [0.15, 0.2) is 12.1 Å². The number of carbonyl (C=O) groups excluding carboxylic acids is 4. The van der Waals surface area contributed by atoms with Crippen molar-refractivity contribution >= 4 is 23.6 Å². The number of nitrogens with one attached hydrogen (secondary N) is 1. The Hall–Kier alpha value is -2.61. The third-order valence-electron chi connectivity index (χ3n) is 3.79. The van der Waals surface area contributed by atoms with Crippen LogP contribution in [-0.4, -0.2) is 34.6 Å². The van der Waals surface area contributed by atoms with Gasteiger partial charge in [0.15, 0.2) is 0 Å². The zero-order valence-electron chi connectivity index (χ0n) is 11.4. The van der Waals surface area contributed by atoms with Gasteiger partial charge in [-0.15, -0.1) is 0 Å². The summed E-state index contributed by atoms with van der Waals surface area (Å²) in [6, 6.07) is 1.34. The molecule has 0 spiro atoms. The molecular formula is C14H12FN3O4. The van der Waals surface area contributed by atoms with Crippen LogP contribution in [0.4, 0.5) is 4.39 Å². The number of nitrogens with zero attached hydrogens (tertiary/aromatic N) is 1. The number of piperidine rings is 1. The van der Waals surface area contributed by atoms with Gasteiger partial charge in [-0.1, -0.05) is 0 Å². The Labute approximate surface area is 124 Å². The van der Waals surface area contributed by atoms with E-state index in [2.05, 4.69) is 5.32 Å². The molecule has 2 heterocycles. The van der Waals surface area contributed by atoms with Crippen LogP contribution in [0.5, 0.6) is 0 Å². The normalized spacial score (nSPS) is 21.2. The summed E-state index contributed by atoms with van der Waals surface area (Å²) in [5, 5.41) is 2.07. The summed E-state index contributed by atoms with van der Waals surface area (Å²) in [5.41, 5.74) is 5.35. The summed E-state index contributed by atoms with van der Waals surface area (Å²) in [5.74, 6) is -3.65. The molecule has 8 heteroatoms. The average molecular weight is 305 g/mol. The Kier molecular flexibility index (Phi) is 3.25. The highest BCUT2D eigenvalue weighted by atomic mass is 19.1. The number of amides is 4. The Morgan fingerprint density at radius 2 is 1.95 bits per heavy atom. The molecule has 0 aliphatic carbocycles. The molecule has 1 atom stereocenters. The quantitative estimate of drug-likeness (QED) is 0.728. The number of rotatable bonds is 2. The van der Waals surface area contributed by atoms with E-state index in [4.69, 9.17) is 5.73 Å². The first-order valence-corrected chi connectivity index (χ1v) is 6.68. The molecule has 4 amide bonds. The summed E-state index contributed by atoms with van der Waals surface area (Å²) in [6.07, 6.45) is 0.0435. The van der Waals surface area contributed by atoms with Crippen LogP contribution in [0.1, 0.15) is 39.1 Å². The molecule has 7 nitrogen and oxygen atoms in total. The van der Waals surface area contributed by atoms with Gasteiger partial charge in [0.2, 0.25) is 11.8 Å². The van der Waals surface area contributed by atoms with E-state index in [1.165, 1.54) is 6.07 Å². The van der Waals surface area contributed by atoms with E-state index in [0.29, 0.717) is 5.56 Å². The standard InChI is InChI=1S/C14H12FN3O4/c15-8-4-6(5-16)3-7-11(8)14(22)18(13(7)21)9-1-2-10(19)17-12(9)20/h3-4,9H,1-2,5,16H2,(H,17,19,20). The van der Waals surface area contributed by atoms with Gasteiger partial charge in [-0.05, 0) is 24.1 Å². The average Bonchev–Trinajstić information content (AvgIpc) is 2.72. The van der Waals surface area contributed by atoms with Crippen molar-refractivity contribution in [2.45, 2.75) is 25.4 Å². The number of imide groups is 2. The predicted octanol–water partition coefficient (Wildman–Crippen LogP) is -0.314. The maximum Gasteiger partial charge on any atom is 0.265 e. The Morgan fingerprint density at radius 3 is 2.59 bits per heavy atom. The van der Waals surface area contributed by atoms with Crippen LogP contribution >= 0.6 is 0 Å². The molecular weight excluding hydrogens is 293 g/mol. The molecule has 2 aliphatic heterocycles. The SMILES string of the molecule is NCc1cc(F)c2c(c1)C(=O)N(C1CCC(=O)NC1=O)C2=O. The molecule has 22 heavy (non-hydrogen) atoms. The van der Waals surface area contributed by atoms with Gasteiger partial charge in [-0.25, -0.2) is 4.39 Å². The van der Waals surface area contributed by atoms with E-state index >= 15 is 0 Å². The number of halogens is 1. The smallest absolute Gasteiger partial charge is 0.265 e. The van der Waals surface area contributed by atoms with Crippen LogP contribution in [0.2, 0.25) is 0 Å². The van der Waals surface area contributed by atoms with E-state index in [1.807, 2.05) is 0 Å². The first kappa shape index (κ1) is 14.3. The Morgan fingerprint density at radius 1 is 1.23 bits per heavy atom. The van der Waals surface area contributed by atoms with Crippen molar-refractivity contribution in [2.75, 3.05) is 0 Å². The third kappa shape index (κ3) is 2.00. The Balaban J connectivity index is 2.02. The molecule has 114 valence electrons. The fraction of sp³-hybridized carbons (Fsp3) is 0.286. The lowest BCUT2D eigenvalue weighted by Gasteiger charge is -2.27. The highest BCUT2D eigenvalue weighted by molar-refractivity contribution is 6.23. The maximum absolute atomic E-state index is 14.1. The molecule has 3 rings (SSSR count). The van der Waals surface area contributed by atoms with Gasteiger partial charge in [0.1, 0.15) is 11.9 Å². The second-order valence-electron chi connectivity index (χ2n) is 5.15. The van der Waals surface area contributed by atoms with Crippen molar-refractivity contribution in [1.29, 1.82) is 0 Å². The molecule has 1 fully saturated rings. The van der Waals surface area contributed by atoms with Crippen LogP contribution in [0.3, 0.4) is 0 Å². The molecule has 0 radical (unpaired) electrons. The van der Waals surface area contributed by atoms with E-state index in [1.54, 1.807) is 0 Å². The molecule has 3 N–H and O–H groups in total. The Bertz CT molecular complexity index is 731. The minimum absolute atomic E-state index is 0.0142. The molecule has 1 saturated heterocycles. The predicted molar refractivity (Wildman–Crippen MR) is 71.0 cm³/mol. The fourth-order valence-corrected chi connectivity index (χ4v) is 2.72. The molecule has 2 aliphatic rings. The minimum atomic E-state index is -1.11. The second-order valence-corrected chi connectivity index (χ2v) is 5.15. The highest BCUT2D eigenvalue weighted by Gasteiger charge is 2.46. The van der Waals surface area contributed by atoms with Crippen molar-refractivity contribution in [3.63, 3.8) is 0 Å². The van der Waals surface area contributed by atoms with Crippen molar-refractivity contribution in [2.24, 2.45) is 5.73 Å². The molecule has 1 aromatic carbocycles. The minimum Gasteiger partial charge on any atom is -0.326 e. The van der Waals surface area contributed by atoms with Gasteiger partial charge < -0.3 is 5.73 Å². The number of hydrogen-bond donors (Lipinski definition) is 2. The van der Waals surface area contributed by atoms with Gasteiger partial charge >= 0.3 is 0 Å². The fourth-order valence-electron chi connectivity index (χ4n) is 2.72. The van der Waals surface area contributed by atoms with Crippen molar-refractivity contribution in [1.82, 2.24) is 10.2 Å².